The largest absolute Gasteiger partial charge is 0.416 e. The highest BCUT2D eigenvalue weighted by atomic mass is 32.2. The number of benzene rings is 1. The van der Waals surface area contributed by atoms with E-state index < -0.39 is 11.7 Å². The van der Waals surface area contributed by atoms with E-state index in [1.807, 2.05) is 12.3 Å². The first-order chi connectivity index (χ1) is 14.3. The van der Waals surface area contributed by atoms with Crippen molar-refractivity contribution in [1.29, 1.82) is 0 Å². The molecule has 5 nitrogen and oxygen atoms in total. The number of aromatic amines is 1. The predicted molar refractivity (Wildman–Crippen MR) is 109 cm³/mol. The SMILES string of the molecule is CSc1nc2c(c(=O)[nH]1)CN(Cc1ccc(-c3ccc(C(F)(F)F)cc3)nc1)CC2. The van der Waals surface area contributed by atoms with Gasteiger partial charge in [-0.15, -0.1) is 0 Å². The third-order valence-corrected chi connectivity index (χ3v) is 5.64. The van der Waals surface area contributed by atoms with Gasteiger partial charge in [0.2, 0.25) is 0 Å². The first kappa shape index (κ1) is 20.6. The van der Waals surface area contributed by atoms with Gasteiger partial charge in [0.25, 0.3) is 5.56 Å². The Balaban J connectivity index is 1.45. The summed E-state index contributed by atoms with van der Waals surface area (Å²) in [6.07, 6.45) is -0.0378. The fraction of sp³-hybridized carbons (Fsp3) is 0.286. The zero-order valence-electron chi connectivity index (χ0n) is 16.2. The maximum atomic E-state index is 12.7. The Hall–Kier alpha value is -2.65. The molecule has 1 aliphatic rings. The van der Waals surface area contributed by atoms with Crippen molar-refractivity contribution in [3.05, 3.63) is 75.3 Å². The average Bonchev–Trinajstić information content (AvgIpc) is 2.74. The number of rotatable bonds is 4. The Morgan fingerprint density at radius 2 is 1.93 bits per heavy atom. The lowest BCUT2D eigenvalue weighted by Crippen LogP contribution is -2.35. The molecular weight excluding hydrogens is 413 g/mol. The number of nitrogens with zero attached hydrogens (tertiary/aromatic N) is 3. The van der Waals surface area contributed by atoms with Gasteiger partial charge >= 0.3 is 6.18 Å². The van der Waals surface area contributed by atoms with Crippen LogP contribution < -0.4 is 5.56 Å². The van der Waals surface area contributed by atoms with Crippen LogP contribution in [0, 0.1) is 0 Å². The van der Waals surface area contributed by atoms with Crippen LogP contribution in [0.25, 0.3) is 11.3 Å². The number of nitrogens with one attached hydrogen (secondary N) is 1. The molecule has 0 saturated carbocycles. The fourth-order valence-corrected chi connectivity index (χ4v) is 3.86. The van der Waals surface area contributed by atoms with Gasteiger partial charge in [-0.25, -0.2) is 4.98 Å². The molecule has 0 amide bonds. The van der Waals surface area contributed by atoms with E-state index in [2.05, 4.69) is 19.9 Å². The van der Waals surface area contributed by atoms with Crippen LogP contribution in [-0.2, 0) is 25.7 Å². The molecule has 0 saturated heterocycles. The summed E-state index contributed by atoms with van der Waals surface area (Å²) >= 11 is 1.42. The molecule has 3 aromatic rings. The molecule has 0 radical (unpaired) electrons. The zero-order valence-corrected chi connectivity index (χ0v) is 17.0. The number of thioether (sulfide) groups is 1. The van der Waals surface area contributed by atoms with E-state index in [1.165, 1.54) is 23.9 Å². The maximum absolute atomic E-state index is 12.7. The molecule has 0 bridgehead atoms. The van der Waals surface area contributed by atoms with Crippen LogP contribution >= 0.6 is 11.8 Å². The molecule has 3 heterocycles. The first-order valence-corrected chi connectivity index (χ1v) is 10.6. The van der Waals surface area contributed by atoms with E-state index in [0.717, 1.165) is 29.9 Å². The summed E-state index contributed by atoms with van der Waals surface area (Å²) in [5.74, 6) is 0. The Kier molecular flexibility index (Phi) is 5.66. The van der Waals surface area contributed by atoms with E-state index in [1.54, 1.807) is 12.3 Å². The van der Waals surface area contributed by atoms with Crippen LogP contribution in [0.2, 0.25) is 0 Å². The fourth-order valence-electron chi connectivity index (χ4n) is 3.47. The molecule has 0 atom stereocenters. The highest BCUT2D eigenvalue weighted by Gasteiger charge is 2.30. The minimum atomic E-state index is -4.35. The minimum absolute atomic E-state index is 0.0928. The predicted octanol–water partition coefficient (Wildman–Crippen LogP) is 4.13. The minimum Gasteiger partial charge on any atom is -0.301 e. The highest BCUT2D eigenvalue weighted by Crippen LogP contribution is 2.30. The van der Waals surface area contributed by atoms with Crippen molar-refractivity contribution in [1.82, 2.24) is 19.9 Å². The van der Waals surface area contributed by atoms with E-state index in [-0.39, 0.29) is 5.56 Å². The Bertz CT molecular complexity index is 1100. The van der Waals surface area contributed by atoms with Gasteiger partial charge in [0, 0.05) is 37.8 Å². The summed E-state index contributed by atoms with van der Waals surface area (Å²) < 4.78 is 38.1. The van der Waals surface area contributed by atoms with E-state index in [0.29, 0.717) is 41.5 Å². The van der Waals surface area contributed by atoms with Crippen LogP contribution in [0.15, 0.2) is 52.5 Å². The molecule has 0 fully saturated rings. The van der Waals surface area contributed by atoms with Crippen molar-refractivity contribution in [3.63, 3.8) is 0 Å². The molecule has 1 N–H and O–H groups in total. The molecule has 156 valence electrons. The van der Waals surface area contributed by atoms with E-state index in [9.17, 15) is 18.0 Å². The summed E-state index contributed by atoms with van der Waals surface area (Å²) in [7, 11) is 0. The smallest absolute Gasteiger partial charge is 0.301 e. The molecule has 0 unspecified atom stereocenters. The summed E-state index contributed by atoms with van der Waals surface area (Å²) in [5, 5.41) is 0.634. The third kappa shape index (κ3) is 4.41. The lowest BCUT2D eigenvalue weighted by molar-refractivity contribution is -0.137. The van der Waals surface area contributed by atoms with Crippen LogP contribution in [0.4, 0.5) is 13.2 Å². The molecule has 30 heavy (non-hydrogen) atoms. The van der Waals surface area contributed by atoms with Crippen LogP contribution in [0.3, 0.4) is 0 Å². The number of halogens is 3. The van der Waals surface area contributed by atoms with Gasteiger partial charge in [0.1, 0.15) is 0 Å². The third-order valence-electron chi connectivity index (χ3n) is 5.06. The van der Waals surface area contributed by atoms with Gasteiger partial charge in [-0.2, -0.15) is 13.2 Å². The molecule has 1 aliphatic heterocycles. The van der Waals surface area contributed by atoms with Crippen molar-refractivity contribution < 1.29 is 13.2 Å². The first-order valence-electron chi connectivity index (χ1n) is 9.34. The monoisotopic (exact) mass is 432 g/mol. The molecule has 4 rings (SSSR count). The number of alkyl halides is 3. The Labute approximate surface area is 175 Å². The van der Waals surface area contributed by atoms with Crippen molar-refractivity contribution in [2.75, 3.05) is 12.8 Å². The second-order valence-electron chi connectivity index (χ2n) is 7.09. The number of H-pyrrole nitrogens is 1. The van der Waals surface area contributed by atoms with Gasteiger partial charge in [-0.05, 0) is 30.0 Å². The summed E-state index contributed by atoms with van der Waals surface area (Å²) in [5.41, 5.74) is 3.00. The number of fused-ring (bicyclic) bond motifs is 1. The van der Waals surface area contributed by atoms with Crippen LogP contribution in [-0.4, -0.2) is 32.7 Å². The lowest BCUT2D eigenvalue weighted by atomic mass is 10.1. The lowest BCUT2D eigenvalue weighted by Gasteiger charge is -2.27. The quantitative estimate of drug-likeness (QED) is 0.496. The van der Waals surface area contributed by atoms with Gasteiger partial charge in [0.15, 0.2) is 5.16 Å². The Morgan fingerprint density at radius 1 is 1.17 bits per heavy atom. The van der Waals surface area contributed by atoms with E-state index in [4.69, 9.17) is 0 Å². The van der Waals surface area contributed by atoms with Gasteiger partial charge in [0.05, 0.1) is 22.5 Å². The second kappa shape index (κ2) is 8.23. The van der Waals surface area contributed by atoms with Crippen molar-refractivity contribution in [2.24, 2.45) is 0 Å². The highest BCUT2D eigenvalue weighted by molar-refractivity contribution is 7.98. The number of hydrogen-bond acceptors (Lipinski definition) is 5. The Morgan fingerprint density at radius 3 is 2.57 bits per heavy atom. The summed E-state index contributed by atoms with van der Waals surface area (Å²) in [4.78, 5) is 26.2. The van der Waals surface area contributed by atoms with Gasteiger partial charge in [-0.1, -0.05) is 30.0 Å². The van der Waals surface area contributed by atoms with Crippen molar-refractivity contribution >= 4 is 11.8 Å². The van der Waals surface area contributed by atoms with Crippen molar-refractivity contribution in [3.8, 4) is 11.3 Å². The average molecular weight is 432 g/mol. The number of hydrogen-bond donors (Lipinski definition) is 1. The molecule has 2 aromatic heterocycles. The number of pyridine rings is 1. The molecule has 1 aromatic carbocycles. The van der Waals surface area contributed by atoms with Gasteiger partial charge in [-0.3, -0.25) is 14.7 Å². The summed E-state index contributed by atoms with van der Waals surface area (Å²) in [6.45, 7) is 1.94. The summed E-state index contributed by atoms with van der Waals surface area (Å²) in [6, 6.07) is 8.68. The van der Waals surface area contributed by atoms with Crippen LogP contribution in [0.1, 0.15) is 22.4 Å². The standard InChI is InChI=1S/C21H19F3N4OS/c1-30-20-26-18-8-9-28(12-16(18)19(29)27-20)11-13-2-7-17(25-10-13)14-3-5-15(6-4-14)21(22,23)24/h2-7,10H,8-9,11-12H2,1H3,(H,26,27,29). The van der Waals surface area contributed by atoms with Gasteiger partial charge < -0.3 is 4.98 Å². The topological polar surface area (TPSA) is 61.9 Å². The van der Waals surface area contributed by atoms with Crippen molar-refractivity contribution in [2.45, 2.75) is 30.8 Å². The maximum Gasteiger partial charge on any atom is 0.416 e. The van der Waals surface area contributed by atoms with E-state index >= 15 is 0 Å². The van der Waals surface area contributed by atoms with Crippen LogP contribution in [0.5, 0.6) is 0 Å². The second-order valence-corrected chi connectivity index (χ2v) is 7.88. The molecule has 9 heteroatoms. The zero-order chi connectivity index (χ0) is 21.3. The number of aromatic nitrogens is 3. The molecular formula is C21H19F3N4OS. The molecule has 0 aliphatic carbocycles. The normalized spacial score (nSPS) is 14.5. The molecule has 0 spiro atoms.